The molecule has 4 atom stereocenters. The number of ether oxygens (including phenoxy) is 2. The van der Waals surface area contributed by atoms with E-state index in [9.17, 15) is 14.7 Å². The zero-order valence-electron chi connectivity index (χ0n) is 21.9. The normalized spacial score (nSPS) is 20.2. The molecule has 1 aromatic carbocycles. The smallest absolute Gasteiger partial charge is 0.353 e. The summed E-state index contributed by atoms with van der Waals surface area (Å²) in [5.74, 6) is 0.205. The van der Waals surface area contributed by atoms with Crippen LogP contribution in [0.5, 0.6) is 0 Å². The molecule has 1 aliphatic rings. The molecule has 0 spiro atoms. The molecule has 2 aromatic heterocycles. The molecular formula is C28H37ClN2O6. The molecule has 3 heterocycles. The second kappa shape index (κ2) is 12.7. The van der Waals surface area contributed by atoms with E-state index in [1.807, 2.05) is 39.0 Å². The molecule has 1 fully saturated rings. The van der Waals surface area contributed by atoms with Crippen LogP contribution in [0.3, 0.4) is 0 Å². The fourth-order valence-corrected chi connectivity index (χ4v) is 4.29. The molecule has 1 saturated heterocycles. The van der Waals surface area contributed by atoms with E-state index in [1.165, 1.54) is 29.4 Å². The number of unbranched alkanes of at least 4 members (excludes halogenated alkanes) is 2. The highest BCUT2D eigenvalue weighted by molar-refractivity contribution is 5.85. The molecule has 3 aromatic rings. The lowest BCUT2D eigenvalue weighted by atomic mass is 9.99. The van der Waals surface area contributed by atoms with Gasteiger partial charge in [0.05, 0.1) is 17.4 Å². The van der Waals surface area contributed by atoms with Crippen molar-refractivity contribution in [2.24, 2.45) is 11.8 Å². The lowest BCUT2D eigenvalue weighted by Gasteiger charge is -2.19. The Labute approximate surface area is 223 Å². The van der Waals surface area contributed by atoms with Crippen molar-refractivity contribution in [2.75, 3.05) is 6.61 Å². The minimum atomic E-state index is -0.865. The number of hydrogen-bond acceptors (Lipinski definition) is 7. The first-order chi connectivity index (χ1) is 17.3. The number of halogens is 1. The van der Waals surface area contributed by atoms with Crippen LogP contribution in [0.2, 0.25) is 0 Å². The molecule has 4 unspecified atom stereocenters. The third-order valence-corrected chi connectivity index (χ3v) is 7.02. The largest absolute Gasteiger partial charge is 0.463 e. The number of fused-ring (bicyclic) bond motifs is 1. The van der Waals surface area contributed by atoms with E-state index in [0.717, 1.165) is 12.0 Å². The van der Waals surface area contributed by atoms with E-state index in [4.69, 9.17) is 13.9 Å². The lowest BCUT2D eigenvalue weighted by Crippen LogP contribution is -2.31. The van der Waals surface area contributed by atoms with E-state index in [0.29, 0.717) is 11.1 Å². The summed E-state index contributed by atoms with van der Waals surface area (Å²) in [6.45, 7) is 7.83. The van der Waals surface area contributed by atoms with Crippen molar-refractivity contribution >= 4 is 29.5 Å². The van der Waals surface area contributed by atoms with Crippen LogP contribution in [0.4, 0.5) is 0 Å². The van der Waals surface area contributed by atoms with Gasteiger partial charge >= 0.3 is 11.7 Å². The van der Waals surface area contributed by atoms with E-state index < -0.39 is 24.1 Å². The summed E-state index contributed by atoms with van der Waals surface area (Å²) in [4.78, 5) is 29.0. The van der Waals surface area contributed by atoms with Crippen molar-refractivity contribution in [1.29, 1.82) is 0 Å². The summed E-state index contributed by atoms with van der Waals surface area (Å²) < 4.78 is 18.5. The van der Waals surface area contributed by atoms with Gasteiger partial charge in [-0.05, 0) is 30.4 Å². The topological polar surface area (TPSA) is 104 Å². The molecule has 8 nitrogen and oxygen atoms in total. The van der Waals surface area contributed by atoms with Crippen LogP contribution in [0.1, 0.15) is 65.2 Å². The Morgan fingerprint density at radius 3 is 2.62 bits per heavy atom. The van der Waals surface area contributed by atoms with Crippen LogP contribution in [-0.4, -0.2) is 39.4 Å². The SMILES string of the molecule is CCCCCc1ccc(-c2cc3cn(C4CC(O)C(COC(=O)C(C)C(C)C)O4)c(=O)nc3o2)cc1.Cl. The molecule has 0 bridgehead atoms. The van der Waals surface area contributed by atoms with Gasteiger partial charge in [0.25, 0.3) is 0 Å². The molecule has 37 heavy (non-hydrogen) atoms. The van der Waals surface area contributed by atoms with Crippen molar-refractivity contribution in [3.05, 3.63) is 52.6 Å². The van der Waals surface area contributed by atoms with Gasteiger partial charge in [-0.1, -0.05) is 64.8 Å². The zero-order chi connectivity index (χ0) is 25.8. The number of carbonyl (C=O) groups excluding carboxylic acids is 1. The molecule has 1 N–H and O–H groups in total. The van der Waals surface area contributed by atoms with Crippen LogP contribution in [0.25, 0.3) is 22.4 Å². The highest BCUT2D eigenvalue weighted by Crippen LogP contribution is 2.31. The Hall–Kier alpha value is -2.68. The third kappa shape index (κ3) is 6.80. The van der Waals surface area contributed by atoms with Gasteiger partial charge in [0.15, 0.2) is 0 Å². The van der Waals surface area contributed by atoms with Crippen molar-refractivity contribution < 1.29 is 23.8 Å². The van der Waals surface area contributed by atoms with Gasteiger partial charge < -0.3 is 19.0 Å². The van der Waals surface area contributed by atoms with Crippen molar-refractivity contribution in [2.45, 2.75) is 78.2 Å². The second-order valence-electron chi connectivity index (χ2n) is 10.1. The number of rotatable bonds is 10. The van der Waals surface area contributed by atoms with E-state index in [2.05, 4.69) is 24.0 Å². The second-order valence-corrected chi connectivity index (χ2v) is 10.1. The Bertz CT molecular complexity index is 1240. The van der Waals surface area contributed by atoms with Crippen LogP contribution in [-0.2, 0) is 20.7 Å². The Morgan fingerprint density at radius 2 is 1.95 bits per heavy atom. The predicted octanol–water partition coefficient (Wildman–Crippen LogP) is 5.29. The van der Waals surface area contributed by atoms with E-state index in [-0.39, 0.29) is 49.0 Å². The van der Waals surface area contributed by atoms with Crippen molar-refractivity contribution in [1.82, 2.24) is 9.55 Å². The first-order valence-corrected chi connectivity index (χ1v) is 12.9. The quantitative estimate of drug-likeness (QED) is 0.279. The number of carbonyl (C=O) groups is 1. The maximum atomic E-state index is 12.7. The minimum absolute atomic E-state index is 0. The third-order valence-electron chi connectivity index (χ3n) is 7.02. The van der Waals surface area contributed by atoms with Crippen LogP contribution >= 0.6 is 12.4 Å². The summed E-state index contributed by atoms with van der Waals surface area (Å²) in [6, 6.07) is 10.1. The first kappa shape index (κ1) is 28.9. The Kier molecular flexibility index (Phi) is 9.93. The highest BCUT2D eigenvalue weighted by atomic mass is 35.5. The monoisotopic (exact) mass is 532 g/mol. The number of aryl methyl sites for hydroxylation is 1. The number of hydrogen-bond donors (Lipinski definition) is 1. The molecule has 4 rings (SSSR count). The van der Waals surface area contributed by atoms with Crippen LogP contribution in [0, 0.1) is 11.8 Å². The first-order valence-electron chi connectivity index (χ1n) is 12.9. The summed E-state index contributed by atoms with van der Waals surface area (Å²) in [5, 5.41) is 11.1. The number of benzene rings is 1. The molecule has 0 amide bonds. The van der Waals surface area contributed by atoms with Gasteiger partial charge in [-0.3, -0.25) is 9.36 Å². The minimum Gasteiger partial charge on any atom is -0.463 e. The number of aliphatic hydroxyl groups is 1. The lowest BCUT2D eigenvalue weighted by molar-refractivity contribution is -0.155. The van der Waals surface area contributed by atoms with Crippen molar-refractivity contribution in [3.8, 4) is 11.3 Å². The number of aliphatic hydroxyl groups excluding tert-OH is 1. The van der Waals surface area contributed by atoms with E-state index in [1.54, 1.807) is 6.20 Å². The molecule has 0 saturated carbocycles. The van der Waals surface area contributed by atoms with Gasteiger partial charge in [0, 0.05) is 18.2 Å². The molecule has 0 aliphatic carbocycles. The fraction of sp³-hybridized carbons (Fsp3) is 0.536. The summed E-state index contributed by atoms with van der Waals surface area (Å²) in [5.41, 5.74) is 1.93. The average molecular weight is 533 g/mol. The van der Waals surface area contributed by atoms with Gasteiger partial charge in [0.1, 0.15) is 24.7 Å². The number of nitrogens with zero attached hydrogens (tertiary/aromatic N) is 2. The zero-order valence-corrected chi connectivity index (χ0v) is 22.7. The predicted molar refractivity (Wildman–Crippen MR) is 144 cm³/mol. The molecular weight excluding hydrogens is 496 g/mol. The Morgan fingerprint density at radius 1 is 1.22 bits per heavy atom. The van der Waals surface area contributed by atoms with Gasteiger partial charge in [-0.2, -0.15) is 4.98 Å². The Balaban J connectivity index is 0.00000380. The number of furan rings is 1. The fourth-order valence-electron chi connectivity index (χ4n) is 4.29. The molecule has 9 heteroatoms. The van der Waals surface area contributed by atoms with Gasteiger partial charge in [-0.15, -0.1) is 12.4 Å². The van der Waals surface area contributed by atoms with Gasteiger partial charge in [-0.25, -0.2) is 4.79 Å². The molecule has 1 aliphatic heterocycles. The average Bonchev–Trinajstić information content (AvgIpc) is 3.44. The highest BCUT2D eigenvalue weighted by Gasteiger charge is 2.37. The van der Waals surface area contributed by atoms with Crippen LogP contribution in [0.15, 0.2) is 45.7 Å². The number of esters is 1. The van der Waals surface area contributed by atoms with E-state index >= 15 is 0 Å². The summed E-state index contributed by atoms with van der Waals surface area (Å²) in [6.07, 6.45) is 4.20. The molecule has 202 valence electrons. The molecule has 0 radical (unpaired) electrons. The maximum Gasteiger partial charge on any atom is 0.353 e. The number of aromatic nitrogens is 2. The van der Waals surface area contributed by atoms with Crippen LogP contribution < -0.4 is 5.69 Å². The van der Waals surface area contributed by atoms with Gasteiger partial charge in [0.2, 0.25) is 5.71 Å². The van der Waals surface area contributed by atoms with Crippen molar-refractivity contribution in [3.63, 3.8) is 0 Å². The maximum absolute atomic E-state index is 12.7. The standard InChI is InChI=1S/C28H36N2O6.ClH/c1-5-6-7-8-19-9-11-20(12-10-19)23-13-21-15-30(28(33)29-26(21)36-23)25-14-22(31)24(35-25)16-34-27(32)18(4)17(2)3;/h9-13,15,17-18,22,24-25,31H,5-8,14,16H2,1-4H3;1H. The summed E-state index contributed by atoms with van der Waals surface area (Å²) in [7, 11) is 0. The summed E-state index contributed by atoms with van der Waals surface area (Å²) >= 11 is 0.